The summed E-state index contributed by atoms with van der Waals surface area (Å²) in [5.74, 6) is 9.63. The molecule has 0 saturated heterocycles. The Morgan fingerprint density at radius 2 is 0.354 bits per heavy atom. The van der Waals surface area contributed by atoms with Crippen molar-refractivity contribution in [2.75, 3.05) is 0 Å². The van der Waals surface area contributed by atoms with Crippen LogP contribution >= 0.6 is 11.6 Å². The van der Waals surface area contributed by atoms with Crippen molar-refractivity contribution in [2.24, 2.45) is 0 Å². The fraction of sp³-hybridized carbons (Fsp3) is 0.0795. The third-order valence-electron chi connectivity index (χ3n) is 14.4. The van der Waals surface area contributed by atoms with Gasteiger partial charge in [0.05, 0.1) is 5.02 Å². The van der Waals surface area contributed by atoms with E-state index in [4.69, 9.17) is 141 Å². The van der Waals surface area contributed by atoms with Crippen molar-refractivity contribution < 1.29 is 133 Å². The lowest BCUT2D eigenvalue weighted by Crippen LogP contribution is -1.87. The zero-order valence-electron chi connectivity index (χ0n) is 75.3. The molecule has 18 aromatic rings. The molecule has 0 unspecified atom stereocenters. The Morgan fingerprint density at radius 3 is 0.528 bits per heavy atom. The lowest BCUT2D eigenvalue weighted by atomic mass is 10.2. The van der Waals surface area contributed by atoms with E-state index < -0.39 is 5.82 Å². The molecule has 9 aromatic heterocycles. The molecule has 144 heavy (non-hydrogen) atoms. The highest BCUT2D eigenvalue weighted by atomic mass is 35.5. The molecule has 0 amide bonds. The topological polar surface area (TPSA) is 764 Å². The van der Waals surface area contributed by atoms with Gasteiger partial charge in [-0.25, -0.2) is 4.39 Å². The summed E-state index contributed by atoms with van der Waals surface area (Å²) in [5, 5.41) is 89.1. The molecule has 9 heterocycles. The highest BCUT2D eigenvalue weighted by Gasteiger charge is 2.09. The molecule has 738 valence electrons. The largest absolute Gasteiger partial charge is 0.436 e. The number of nitrogens with one attached hydrogen (secondary N) is 9. The fourth-order valence-corrected chi connectivity index (χ4v) is 8.76. The highest BCUT2D eigenvalue weighted by Crippen LogP contribution is 2.29. The van der Waals surface area contributed by atoms with Crippen LogP contribution in [0, 0.1) is 54.3 Å². The number of carbonyl (C=O) groups excluding carboxylic acids is 18. The maximum atomic E-state index is 13.0. The molecule has 9 aromatic carbocycles. The number of H-pyrrole nitrogens is 9. The minimum Gasteiger partial charge on any atom is -0.436 e. The Bertz CT molecular complexity index is 5670. The minimum atomic E-state index is -0.425. The van der Waals surface area contributed by atoms with Gasteiger partial charge in [0.1, 0.15) is 102 Å². The Balaban J connectivity index is 0.000000784. The van der Waals surface area contributed by atoms with Gasteiger partial charge in [-0.15, -0.1) is 45.9 Å². The average Bonchev–Trinajstić information content (AvgIpc) is 1.64. The van der Waals surface area contributed by atoms with Gasteiger partial charge in [0.2, 0.25) is 0 Å². The van der Waals surface area contributed by atoms with Crippen LogP contribution in [0.2, 0.25) is 5.02 Å². The van der Waals surface area contributed by atoms with Gasteiger partial charge in [0, 0.05) is 0 Å². The number of aromatic nitrogens is 27. The lowest BCUT2D eigenvalue weighted by Gasteiger charge is -2.03. The summed E-state index contributed by atoms with van der Waals surface area (Å²) in [4.78, 5) is 146. The van der Waals surface area contributed by atoms with Crippen molar-refractivity contribution >= 4 is 67.0 Å². The highest BCUT2D eigenvalue weighted by molar-refractivity contribution is 6.32. The zero-order chi connectivity index (χ0) is 106. The molecule has 0 spiro atoms. The predicted molar refractivity (Wildman–Crippen MR) is 469 cm³/mol. The second kappa shape index (κ2) is 78.6. The van der Waals surface area contributed by atoms with E-state index in [-0.39, 0.29) is 67.0 Å². The van der Waals surface area contributed by atoms with Crippen LogP contribution in [0.4, 0.5) is 4.39 Å². The first-order chi connectivity index (χ1) is 69.9. The Labute approximate surface area is 812 Å². The van der Waals surface area contributed by atoms with E-state index in [2.05, 4.69) is 139 Å². The number of aryl methyl sites for hydroxylation is 7. The van der Waals surface area contributed by atoms with Crippen LogP contribution in [-0.4, -0.2) is 194 Å². The van der Waals surface area contributed by atoms with E-state index in [0.29, 0.717) is 57.8 Å². The second-order valence-corrected chi connectivity index (χ2v) is 24.9. The molecule has 0 radical (unpaired) electrons. The SMILES string of the molecule is Cc1ccc(Oc2cn[nH]n2)cc1.Cc1ccc(Oc2cn[nH]n2)cc1.Cc1ccc(Oc2cn[nH]n2)cc1.Cc1ccc(Oc2cn[nH]n2)cc1.Cc1ccc(Oc2cn[nH]n2)cc1.Cc1ccc(Oc2cn[nH]n2)cc1.Cc1ccccc1Oc1cn[nH]n1.Clc1ccccc1Oc1cn[nH]n1.Fc1ccccc1Oc1cn[nH]n1.O=C=O.O=C=O.O=C=O.O=C=O.O=C=O.O=C=O.O=C=O.O=C=O.O=C=O. The van der Waals surface area contributed by atoms with Crippen LogP contribution in [0.5, 0.6) is 105 Å². The van der Waals surface area contributed by atoms with Crippen LogP contribution in [0.15, 0.2) is 274 Å². The standard InChI is InChI=1S/7C9H9N3O.C8H6ClN3O.C8H6FN3O.9CO2/c6*1-7-2-4-8(5-3-7)13-9-6-10-12-11-9;1-7-4-2-3-5-8(7)13-9-6-10-12-11-9;2*9-6-3-1-2-4-7(6)13-8-5-10-12-11-8;9*2-1-3/h7*2-6H,1H3,(H,10,11,12);2*1-5H,(H,10,11,12);;;;;;;;;. The molecule has 9 N–H and O–H groups in total. The molecule has 0 aliphatic carbocycles. The first kappa shape index (κ1) is 120. The van der Waals surface area contributed by atoms with Crippen LogP contribution in [0.1, 0.15) is 38.9 Å². The minimum absolute atomic E-state index is 0.136. The van der Waals surface area contributed by atoms with E-state index in [1.54, 1.807) is 24.3 Å². The van der Waals surface area contributed by atoms with Gasteiger partial charge >= 0.3 is 55.4 Å². The van der Waals surface area contributed by atoms with Gasteiger partial charge in [-0.05, 0) is 157 Å². The first-order valence-electron chi connectivity index (χ1n) is 38.6. The Kier molecular flexibility index (Phi) is 65.5. The molecule has 0 bridgehead atoms. The maximum Gasteiger partial charge on any atom is 0.373 e. The number of benzene rings is 9. The number of hydrogen-bond acceptors (Lipinski definition) is 45. The number of aromatic amines is 9. The molecule has 18 rings (SSSR count). The molecule has 0 aliphatic heterocycles. The van der Waals surface area contributed by atoms with Crippen molar-refractivity contribution in [1.82, 2.24) is 139 Å². The molecular formula is C88H75ClFN27O27. The summed E-state index contributed by atoms with van der Waals surface area (Å²) < 4.78 is 61.0. The summed E-state index contributed by atoms with van der Waals surface area (Å²) in [6.07, 6.45) is 15.8. The quantitative estimate of drug-likeness (QED) is 0.0385. The van der Waals surface area contributed by atoms with E-state index >= 15 is 0 Å². The third kappa shape index (κ3) is 58.9. The number of halogens is 2. The van der Waals surface area contributed by atoms with Crippen molar-refractivity contribution in [3.05, 3.63) is 324 Å². The van der Waals surface area contributed by atoms with E-state index in [1.807, 2.05) is 230 Å². The Hall–Kier alpha value is -21.9. The summed E-state index contributed by atoms with van der Waals surface area (Å²) in [6, 6.07) is 67.5. The molecule has 0 aliphatic rings. The lowest BCUT2D eigenvalue weighted by molar-refractivity contribution is -0.193. The number of ether oxygens (including phenoxy) is 9. The number of hydrogen-bond donors (Lipinski definition) is 9. The van der Waals surface area contributed by atoms with E-state index in [1.165, 1.54) is 101 Å². The van der Waals surface area contributed by atoms with Gasteiger partial charge in [-0.1, -0.05) is 160 Å². The van der Waals surface area contributed by atoms with Gasteiger partial charge in [-0.2, -0.15) is 179 Å². The van der Waals surface area contributed by atoms with Gasteiger partial charge in [-0.3, -0.25) is 0 Å². The summed E-state index contributed by atoms with van der Waals surface area (Å²) >= 11 is 5.86. The van der Waals surface area contributed by atoms with Crippen LogP contribution in [-0.2, 0) is 86.3 Å². The van der Waals surface area contributed by atoms with Gasteiger partial charge < -0.3 is 42.6 Å². The number of para-hydroxylation sites is 3. The summed E-state index contributed by atoms with van der Waals surface area (Å²) in [7, 11) is 0. The maximum absolute atomic E-state index is 13.0. The number of rotatable bonds is 18. The van der Waals surface area contributed by atoms with Crippen LogP contribution in [0.3, 0.4) is 0 Å². The fourth-order valence-electron chi connectivity index (χ4n) is 8.59. The zero-order valence-corrected chi connectivity index (χ0v) is 76.1. The van der Waals surface area contributed by atoms with Crippen LogP contribution < -0.4 is 42.6 Å². The molecule has 0 fully saturated rings. The second-order valence-electron chi connectivity index (χ2n) is 24.4. The predicted octanol–water partition coefficient (Wildman–Crippen LogP) is 12.1. The molecule has 0 atom stereocenters. The van der Waals surface area contributed by atoms with Crippen molar-refractivity contribution in [3.63, 3.8) is 0 Å². The summed E-state index contributed by atoms with van der Waals surface area (Å²) in [6.45, 7) is 14.1. The molecule has 0 saturated carbocycles. The van der Waals surface area contributed by atoms with Crippen molar-refractivity contribution in [1.29, 1.82) is 0 Å². The van der Waals surface area contributed by atoms with Gasteiger partial charge in [0.25, 0.3) is 52.9 Å². The van der Waals surface area contributed by atoms with Gasteiger partial charge in [0.15, 0.2) is 11.6 Å². The van der Waals surface area contributed by atoms with Crippen molar-refractivity contribution in [3.8, 4) is 105 Å². The van der Waals surface area contributed by atoms with E-state index in [9.17, 15) is 4.39 Å². The summed E-state index contributed by atoms with van der Waals surface area (Å²) in [5.41, 5.74) is 8.28. The van der Waals surface area contributed by atoms with E-state index in [0.717, 1.165) is 45.8 Å². The smallest absolute Gasteiger partial charge is 0.373 e. The molecular weight excluding hydrogens is 1920 g/mol. The third-order valence-corrected chi connectivity index (χ3v) is 14.7. The number of nitrogens with zero attached hydrogens (tertiary/aromatic N) is 18. The molecule has 56 heteroatoms. The van der Waals surface area contributed by atoms with Crippen LogP contribution in [0.25, 0.3) is 0 Å². The monoisotopic (exact) mass is 2000 g/mol. The Morgan fingerprint density at radius 1 is 0.201 bits per heavy atom. The first-order valence-corrected chi connectivity index (χ1v) is 39.0. The average molecular weight is 2000 g/mol. The van der Waals surface area contributed by atoms with Crippen molar-refractivity contribution in [2.45, 2.75) is 48.5 Å². The molecule has 54 nitrogen and oxygen atoms in total. The normalized spacial score (nSPS) is 8.56.